The lowest BCUT2D eigenvalue weighted by molar-refractivity contribution is 0.569. The van der Waals surface area contributed by atoms with Gasteiger partial charge in [-0.25, -0.2) is 4.98 Å². The van der Waals surface area contributed by atoms with E-state index in [1.165, 1.54) is 22.3 Å². The van der Waals surface area contributed by atoms with Gasteiger partial charge in [-0.1, -0.05) is 38.5 Å². The minimum absolute atomic E-state index is 0.0181. The quantitative estimate of drug-likeness (QED) is 0.899. The highest BCUT2D eigenvalue weighted by Gasteiger charge is 2.19. The number of aromatic nitrogens is 1. The normalized spacial score (nSPS) is 13.5. The van der Waals surface area contributed by atoms with Crippen LogP contribution in [-0.4, -0.2) is 4.98 Å². The lowest BCUT2D eigenvalue weighted by Gasteiger charge is -2.18. The summed E-state index contributed by atoms with van der Waals surface area (Å²) in [5.41, 5.74) is 12.9. The molecule has 3 heteroatoms. The Balaban J connectivity index is 2.22. The minimum Gasteiger partial charge on any atom is -0.324 e. The van der Waals surface area contributed by atoms with Crippen LogP contribution in [0.5, 0.6) is 0 Å². The van der Waals surface area contributed by atoms with Gasteiger partial charge in [0, 0.05) is 23.3 Å². The van der Waals surface area contributed by atoms with E-state index in [1.54, 1.807) is 11.3 Å². The highest BCUT2D eigenvalue weighted by atomic mass is 32.1. The number of rotatable bonds is 3. The number of hydrogen-bond donors (Lipinski definition) is 1. The molecule has 1 aromatic carbocycles. The third-order valence-electron chi connectivity index (χ3n) is 3.82. The van der Waals surface area contributed by atoms with E-state index in [-0.39, 0.29) is 11.5 Å². The van der Waals surface area contributed by atoms with Gasteiger partial charge in [0.1, 0.15) is 0 Å². The molecule has 1 heterocycles. The van der Waals surface area contributed by atoms with Gasteiger partial charge in [-0.05, 0) is 37.5 Å². The zero-order valence-electron chi connectivity index (χ0n) is 13.9. The number of nitrogens with two attached hydrogens (primary N) is 1. The van der Waals surface area contributed by atoms with Crippen molar-refractivity contribution in [2.45, 2.75) is 59.4 Å². The van der Waals surface area contributed by atoms with Crippen LogP contribution in [0.4, 0.5) is 0 Å². The van der Waals surface area contributed by atoms with Crippen molar-refractivity contribution in [3.8, 4) is 0 Å². The molecule has 1 atom stereocenters. The van der Waals surface area contributed by atoms with Gasteiger partial charge in [0.15, 0.2) is 0 Å². The predicted molar refractivity (Wildman–Crippen MR) is 92.1 cm³/mol. The second-order valence-electron chi connectivity index (χ2n) is 7.00. The van der Waals surface area contributed by atoms with Crippen molar-refractivity contribution in [3.05, 3.63) is 50.5 Å². The molecule has 2 aromatic rings. The van der Waals surface area contributed by atoms with Gasteiger partial charge >= 0.3 is 0 Å². The van der Waals surface area contributed by atoms with Gasteiger partial charge in [0.2, 0.25) is 0 Å². The first-order chi connectivity index (χ1) is 9.68. The Labute approximate surface area is 132 Å². The summed E-state index contributed by atoms with van der Waals surface area (Å²) in [6.07, 6.45) is 0.811. The van der Waals surface area contributed by atoms with E-state index in [0.29, 0.717) is 0 Å². The van der Waals surface area contributed by atoms with Crippen molar-refractivity contribution in [2.24, 2.45) is 5.73 Å². The molecule has 21 heavy (non-hydrogen) atoms. The van der Waals surface area contributed by atoms with Crippen LogP contribution in [0.3, 0.4) is 0 Å². The predicted octanol–water partition coefficient (Wildman–Crippen LogP) is 4.61. The molecule has 2 N–H and O–H groups in total. The van der Waals surface area contributed by atoms with Crippen molar-refractivity contribution < 1.29 is 0 Å². The number of nitrogens with zero attached hydrogens (tertiary/aromatic N) is 1. The largest absolute Gasteiger partial charge is 0.324 e. The van der Waals surface area contributed by atoms with Crippen LogP contribution < -0.4 is 5.73 Å². The molecule has 2 nitrogen and oxygen atoms in total. The molecule has 0 radical (unpaired) electrons. The van der Waals surface area contributed by atoms with Crippen LogP contribution in [0, 0.1) is 20.8 Å². The smallest absolute Gasteiger partial charge is 0.0947 e. The SMILES string of the molecule is Cc1cc(C)c(C(N)Cc2nc(C(C)(C)C)cs2)c(C)c1. The van der Waals surface area contributed by atoms with Crippen LogP contribution in [0.1, 0.15) is 59.8 Å². The second-order valence-corrected chi connectivity index (χ2v) is 7.94. The van der Waals surface area contributed by atoms with E-state index in [0.717, 1.165) is 17.1 Å². The fourth-order valence-electron chi connectivity index (χ4n) is 2.82. The Morgan fingerprint density at radius 1 is 1.14 bits per heavy atom. The highest BCUT2D eigenvalue weighted by molar-refractivity contribution is 7.09. The summed E-state index contributed by atoms with van der Waals surface area (Å²) in [4.78, 5) is 4.76. The topological polar surface area (TPSA) is 38.9 Å². The lowest BCUT2D eigenvalue weighted by Crippen LogP contribution is -2.17. The monoisotopic (exact) mass is 302 g/mol. The molecule has 2 rings (SSSR count). The second kappa shape index (κ2) is 5.90. The molecular formula is C18H26N2S. The van der Waals surface area contributed by atoms with Gasteiger partial charge in [-0.15, -0.1) is 11.3 Å². The first-order valence-corrected chi connectivity index (χ1v) is 8.34. The van der Waals surface area contributed by atoms with E-state index < -0.39 is 0 Å². The molecule has 0 fully saturated rings. The molecule has 0 saturated heterocycles. The minimum atomic E-state index is 0.0181. The maximum Gasteiger partial charge on any atom is 0.0947 e. The van der Waals surface area contributed by atoms with Crippen LogP contribution in [-0.2, 0) is 11.8 Å². The third kappa shape index (κ3) is 3.72. The Kier molecular flexibility index (Phi) is 4.54. The summed E-state index contributed by atoms with van der Waals surface area (Å²) < 4.78 is 0. The van der Waals surface area contributed by atoms with Gasteiger partial charge < -0.3 is 5.73 Å². The Bertz CT molecular complexity index is 612. The van der Waals surface area contributed by atoms with E-state index in [2.05, 4.69) is 59.1 Å². The fourth-order valence-corrected chi connectivity index (χ4v) is 3.90. The molecule has 1 unspecified atom stereocenters. The summed E-state index contributed by atoms with van der Waals surface area (Å²) in [5, 5.41) is 3.29. The summed E-state index contributed by atoms with van der Waals surface area (Å²) in [7, 11) is 0. The van der Waals surface area contributed by atoms with E-state index in [9.17, 15) is 0 Å². The zero-order valence-corrected chi connectivity index (χ0v) is 14.8. The molecule has 0 aliphatic heterocycles. The summed E-state index contributed by atoms with van der Waals surface area (Å²) >= 11 is 1.72. The van der Waals surface area contributed by atoms with Crippen molar-refractivity contribution in [1.29, 1.82) is 0 Å². The third-order valence-corrected chi connectivity index (χ3v) is 4.69. The van der Waals surface area contributed by atoms with Crippen molar-refractivity contribution in [1.82, 2.24) is 4.98 Å². The molecule has 1 aromatic heterocycles. The fraction of sp³-hybridized carbons (Fsp3) is 0.500. The first kappa shape index (κ1) is 16.2. The molecule has 0 spiro atoms. The number of thiazole rings is 1. The van der Waals surface area contributed by atoms with Crippen molar-refractivity contribution >= 4 is 11.3 Å². The molecule has 0 amide bonds. The number of benzene rings is 1. The average molecular weight is 302 g/mol. The molecule has 0 saturated carbocycles. The number of hydrogen-bond acceptors (Lipinski definition) is 3. The Morgan fingerprint density at radius 3 is 2.19 bits per heavy atom. The van der Waals surface area contributed by atoms with E-state index in [1.807, 2.05) is 0 Å². The average Bonchev–Trinajstić information content (AvgIpc) is 2.75. The highest BCUT2D eigenvalue weighted by Crippen LogP contribution is 2.28. The van der Waals surface area contributed by atoms with Gasteiger partial charge in [-0.2, -0.15) is 0 Å². The standard InChI is InChI=1S/C18H26N2S/c1-11-7-12(2)17(13(3)8-11)14(19)9-16-20-15(10-21-16)18(4,5)6/h7-8,10,14H,9,19H2,1-6H3. The van der Waals surface area contributed by atoms with Gasteiger partial charge in [0.25, 0.3) is 0 Å². The van der Waals surface area contributed by atoms with Crippen LogP contribution in [0.15, 0.2) is 17.5 Å². The molecule has 114 valence electrons. The molecule has 0 aliphatic rings. The van der Waals surface area contributed by atoms with Crippen LogP contribution in [0.25, 0.3) is 0 Å². The number of aryl methyl sites for hydroxylation is 3. The van der Waals surface area contributed by atoms with Crippen molar-refractivity contribution in [3.63, 3.8) is 0 Å². The van der Waals surface area contributed by atoms with E-state index in [4.69, 9.17) is 10.7 Å². The van der Waals surface area contributed by atoms with Gasteiger partial charge in [0.05, 0.1) is 10.7 Å². The molecular weight excluding hydrogens is 276 g/mol. The van der Waals surface area contributed by atoms with Crippen LogP contribution >= 0.6 is 11.3 Å². The maximum atomic E-state index is 6.46. The molecule has 0 aliphatic carbocycles. The summed E-state index contributed by atoms with van der Waals surface area (Å²) in [6.45, 7) is 13.0. The van der Waals surface area contributed by atoms with Gasteiger partial charge in [-0.3, -0.25) is 0 Å². The summed E-state index contributed by atoms with van der Waals surface area (Å²) in [6, 6.07) is 4.44. The van der Waals surface area contributed by atoms with E-state index >= 15 is 0 Å². The first-order valence-electron chi connectivity index (χ1n) is 7.46. The summed E-state index contributed by atoms with van der Waals surface area (Å²) in [5.74, 6) is 0. The van der Waals surface area contributed by atoms with Crippen LogP contribution in [0.2, 0.25) is 0 Å². The zero-order chi connectivity index (χ0) is 15.8. The maximum absolute atomic E-state index is 6.46. The Hall–Kier alpha value is -1.19. The molecule has 0 bridgehead atoms. The lowest BCUT2D eigenvalue weighted by atomic mass is 9.92. The van der Waals surface area contributed by atoms with Crippen molar-refractivity contribution in [2.75, 3.05) is 0 Å². The Morgan fingerprint density at radius 2 is 1.71 bits per heavy atom.